The van der Waals surface area contributed by atoms with Gasteiger partial charge in [0.15, 0.2) is 17.8 Å². The molecule has 1 aliphatic rings. The second-order valence-electron chi connectivity index (χ2n) is 8.83. The Kier molecular flexibility index (Phi) is 7.82. The Morgan fingerprint density at radius 2 is 1.78 bits per heavy atom. The summed E-state index contributed by atoms with van der Waals surface area (Å²) in [5.74, 6) is 0.680. The third-order valence-electron chi connectivity index (χ3n) is 6.21. The molecule has 1 unspecified atom stereocenters. The van der Waals surface area contributed by atoms with Gasteiger partial charge in [-0.05, 0) is 55.4 Å². The highest BCUT2D eigenvalue weighted by Crippen LogP contribution is 2.54. The van der Waals surface area contributed by atoms with E-state index in [2.05, 4.69) is 10.3 Å². The zero-order valence-corrected chi connectivity index (χ0v) is 19.2. The van der Waals surface area contributed by atoms with E-state index < -0.39 is 35.4 Å². The Morgan fingerprint density at radius 1 is 1.08 bits per heavy atom. The molecule has 1 saturated carbocycles. The van der Waals surface area contributed by atoms with Crippen molar-refractivity contribution in [1.82, 2.24) is 4.98 Å². The normalized spacial score (nSPS) is 16.7. The molecule has 4 rings (SSSR count). The van der Waals surface area contributed by atoms with Gasteiger partial charge < -0.3 is 14.8 Å². The van der Waals surface area contributed by atoms with Crippen molar-refractivity contribution in [3.63, 3.8) is 0 Å². The molecule has 1 aliphatic carbocycles. The molecule has 1 heterocycles. The maximum absolute atomic E-state index is 13.1. The zero-order chi connectivity index (χ0) is 26.6. The minimum atomic E-state index is -4.89. The predicted octanol–water partition coefficient (Wildman–Crippen LogP) is 6.74. The molecule has 2 N–H and O–H groups in total. The molecule has 11 heteroatoms. The number of oxazole rings is 1. The number of aliphatic hydroxyl groups is 1. The second-order valence-corrected chi connectivity index (χ2v) is 8.83. The standard InChI is InChI=1S/C15H16F6O.C10H8N2O2/c1-12(22,15(19,20)21)9-13(7-4-8-13)10-5-2-3-6-11(10)14(16,17)18;13-6-12-9-3-1-2-8(4-9)10-5-11-7-14-10/h2-3,5-6,22H,4,7-9H2,1H3;1-7H,(H,12,13). The van der Waals surface area contributed by atoms with Gasteiger partial charge in [0.2, 0.25) is 6.41 Å². The molecular weight excluding hydrogens is 490 g/mol. The van der Waals surface area contributed by atoms with Crippen molar-refractivity contribution in [2.24, 2.45) is 0 Å². The third-order valence-corrected chi connectivity index (χ3v) is 6.21. The average Bonchev–Trinajstić information content (AvgIpc) is 3.31. The molecule has 1 amide bonds. The molecule has 0 spiro atoms. The summed E-state index contributed by atoms with van der Waals surface area (Å²) < 4.78 is 83.2. The molecule has 1 fully saturated rings. The highest BCUT2D eigenvalue weighted by molar-refractivity contribution is 5.74. The maximum atomic E-state index is 13.1. The Balaban J connectivity index is 0.000000221. The fraction of sp³-hybridized carbons (Fsp3) is 0.360. The smallest absolute Gasteiger partial charge is 0.416 e. The number of alkyl halides is 6. The molecule has 0 bridgehead atoms. The van der Waals surface area contributed by atoms with Crippen molar-refractivity contribution in [3.8, 4) is 11.3 Å². The van der Waals surface area contributed by atoms with E-state index in [1.807, 2.05) is 18.2 Å². The fourth-order valence-electron chi connectivity index (χ4n) is 4.29. The molecular formula is C25H24F6N2O3. The summed E-state index contributed by atoms with van der Waals surface area (Å²) in [6.07, 6.45) is -5.71. The monoisotopic (exact) mass is 514 g/mol. The number of rotatable bonds is 6. The summed E-state index contributed by atoms with van der Waals surface area (Å²) in [4.78, 5) is 14.0. The van der Waals surface area contributed by atoms with Gasteiger partial charge in [0.05, 0.1) is 11.8 Å². The van der Waals surface area contributed by atoms with E-state index in [-0.39, 0.29) is 18.4 Å². The van der Waals surface area contributed by atoms with Gasteiger partial charge in [-0.15, -0.1) is 0 Å². The molecule has 1 atom stereocenters. The van der Waals surface area contributed by atoms with Crippen molar-refractivity contribution < 1.29 is 40.7 Å². The van der Waals surface area contributed by atoms with Crippen LogP contribution in [0.3, 0.4) is 0 Å². The minimum Gasteiger partial charge on any atom is -0.444 e. The summed E-state index contributed by atoms with van der Waals surface area (Å²) in [5.41, 5.74) is -3.77. The van der Waals surface area contributed by atoms with Gasteiger partial charge >= 0.3 is 12.4 Å². The first-order valence-electron chi connectivity index (χ1n) is 10.9. The Bertz CT molecular complexity index is 1150. The average molecular weight is 514 g/mol. The molecule has 1 aromatic heterocycles. The van der Waals surface area contributed by atoms with Gasteiger partial charge in [-0.3, -0.25) is 4.79 Å². The SMILES string of the molecule is CC(O)(CC1(c2ccccc2C(F)(F)F)CCC1)C(F)(F)F.O=CNc1cccc(-c2cnco2)c1. The number of hydrogen-bond donors (Lipinski definition) is 2. The van der Waals surface area contributed by atoms with Crippen LogP contribution in [-0.4, -0.2) is 28.3 Å². The lowest BCUT2D eigenvalue weighted by molar-refractivity contribution is -0.262. The van der Waals surface area contributed by atoms with Crippen molar-refractivity contribution in [2.45, 2.75) is 56.0 Å². The van der Waals surface area contributed by atoms with E-state index in [0.29, 0.717) is 25.5 Å². The van der Waals surface area contributed by atoms with Crippen molar-refractivity contribution in [3.05, 3.63) is 72.2 Å². The van der Waals surface area contributed by atoms with E-state index in [4.69, 9.17) is 4.42 Å². The maximum Gasteiger partial charge on any atom is 0.416 e. The number of carbonyl (C=O) groups excluding carboxylic acids is 1. The molecule has 194 valence electrons. The minimum absolute atomic E-state index is 0.154. The summed E-state index contributed by atoms with van der Waals surface area (Å²) in [5, 5.41) is 12.3. The van der Waals surface area contributed by atoms with Gasteiger partial charge in [-0.1, -0.05) is 36.8 Å². The van der Waals surface area contributed by atoms with Gasteiger partial charge in [0.1, 0.15) is 0 Å². The van der Waals surface area contributed by atoms with Crippen molar-refractivity contribution >= 4 is 12.1 Å². The van der Waals surface area contributed by atoms with Crippen LogP contribution in [0, 0.1) is 0 Å². The Morgan fingerprint density at radius 3 is 2.31 bits per heavy atom. The van der Waals surface area contributed by atoms with Gasteiger partial charge in [-0.25, -0.2) is 4.98 Å². The molecule has 0 saturated heterocycles. The van der Waals surface area contributed by atoms with Crippen molar-refractivity contribution in [2.75, 3.05) is 5.32 Å². The van der Waals surface area contributed by atoms with E-state index in [1.165, 1.54) is 24.6 Å². The molecule has 0 radical (unpaired) electrons. The van der Waals surface area contributed by atoms with Crippen LogP contribution in [0.2, 0.25) is 0 Å². The van der Waals surface area contributed by atoms with Crippen LogP contribution in [0.4, 0.5) is 32.0 Å². The molecule has 2 aromatic carbocycles. The fourth-order valence-corrected chi connectivity index (χ4v) is 4.29. The summed E-state index contributed by atoms with van der Waals surface area (Å²) in [7, 11) is 0. The first-order valence-corrected chi connectivity index (χ1v) is 10.9. The number of nitrogens with zero attached hydrogens (tertiary/aromatic N) is 1. The molecule has 5 nitrogen and oxygen atoms in total. The number of hydrogen-bond acceptors (Lipinski definition) is 4. The first kappa shape index (κ1) is 27.3. The lowest BCUT2D eigenvalue weighted by Gasteiger charge is -2.47. The Labute approximate surface area is 203 Å². The molecule has 36 heavy (non-hydrogen) atoms. The number of amides is 1. The number of halogens is 6. The van der Waals surface area contributed by atoms with Crippen LogP contribution >= 0.6 is 0 Å². The van der Waals surface area contributed by atoms with Crippen LogP contribution in [0.25, 0.3) is 11.3 Å². The molecule has 0 aliphatic heterocycles. The first-order chi connectivity index (χ1) is 16.8. The number of aromatic nitrogens is 1. The second kappa shape index (κ2) is 10.3. The van der Waals surface area contributed by atoms with Crippen LogP contribution < -0.4 is 5.32 Å². The van der Waals surface area contributed by atoms with E-state index in [9.17, 15) is 36.2 Å². The number of nitrogens with one attached hydrogen (secondary N) is 1. The van der Waals surface area contributed by atoms with Gasteiger partial charge in [0.25, 0.3) is 0 Å². The summed E-state index contributed by atoms with van der Waals surface area (Å²) >= 11 is 0. The lowest BCUT2D eigenvalue weighted by atomic mass is 9.59. The predicted molar refractivity (Wildman–Crippen MR) is 120 cm³/mol. The zero-order valence-electron chi connectivity index (χ0n) is 19.2. The topological polar surface area (TPSA) is 75.4 Å². The van der Waals surface area contributed by atoms with Gasteiger partial charge in [0, 0.05) is 11.3 Å². The van der Waals surface area contributed by atoms with Crippen LogP contribution in [0.15, 0.2) is 65.5 Å². The number of benzene rings is 2. The lowest BCUT2D eigenvalue weighted by Crippen LogP contribution is -2.50. The van der Waals surface area contributed by atoms with Gasteiger partial charge in [-0.2, -0.15) is 26.3 Å². The molecule has 3 aromatic rings. The Hall–Kier alpha value is -3.34. The van der Waals surface area contributed by atoms with E-state index in [1.54, 1.807) is 12.3 Å². The van der Waals surface area contributed by atoms with Crippen LogP contribution in [0.5, 0.6) is 0 Å². The summed E-state index contributed by atoms with van der Waals surface area (Å²) in [6.45, 7) is 0.614. The van der Waals surface area contributed by atoms with E-state index >= 15 is 0 Å². The largest absolute Gasteiger partial charge is 0.444 e. The summed E-state index contributed by atoms with van der Waals surface area (Å²) in [6, 6.07) is 12.0. The van der Waals surface area contributed by atoms with Crippen molar-refractivity contribution in [1.29, 1.82) is 0 Å². The highest BCUT2D eigenvalue weighted by atomic mass is 19.4. The quantitative estimate of drug-likeness (QED) is 0.282. The highest BCUT2D eigenvalue weighted by Gasteiger charge is 2.56. The van der Waals surface area contributed by atoms with E-state index in [0.717, 1.165) is 17.3 Å². The van der Waals surface area contributed by atoms with Crippen LogP contribution in [0.1, 0.15) is 43.7 Å². The number of anilines is 1. The van der Waals surface area contributed by atoms with Crippen LogP contribution in [-0.2, 0) is 16.4 Å². The number of carbonyl (C=O) groups is 1. The third kappa shape index (κ3) is 6.07.